The Kier molecular flexibility index (Phi) is 13.4. The molecule has 16 nitrogen and oxygen atoms in total. The SMILES string of the molecule is CC(C)(C)OC(=O)[C@H](CCC(=O)ONC(=O)c1ccc(N(N)C(=O)OC(C)(C)C)nc1)NC(=O)[C@@H](N)CC(C(=O)O)C(C)(C)C. The number of nitrogens with zero attached hydrogens (tertiary/aromatic N) is 2. The average molecular weight is 639 g/mol. The van der Waals surface area contributed by atoms with Crippen molar-refractivity contribution in [3.63, 3.8) is 0 Å². The number of hydrogen-bond donors (Lipinski definition) is 5. The second-order valence-electron chi connectivity index (χ2n) is 13.4. The second-order valence-corrected chi connectivity index (χ2v) is 13.4. The number of anilines is 1. The molecular formula is C29H46N6O10. The lowest BCUT2D eigenvalue weighted by molar-refractivity contribution is -0.159. The molecule has 0 radical (unpaired) electrons. The highest BCUT2D eigenvalue weighted by Crippen LogP contribution is 2.29. The number of aliphatic carboxylic acids is 1. The molecule has 3 amide bonds. The number of carbonyl (C=O) groups is 6. The maximum Gasteiger partial charge on any atom is 0.430 e. The molecule has 0 fully saturated rings. The van der Waals surface area contributed by atoms with Crippen LogP contribution in [0.1, 0.15) is 91.9 Å². The van der Waals surface area contributed by atoms with Gasteiger partial charge in [0.1, 0.15) is 17.2 Å². The minimum atomic E-state index is -1.33. The zero-order chi connectivity index (χ0) is 34.9. The third-order valence-corrected chi connectivity index (χ3v) is 5.92. The van der Waals surface area contributed by atoms with Gasteiger partial charge in [0.25, 0.3) is 5.91 Å². The van der Waals surface area contributed by atoms with Crippen LogP contribution in [0, 0.1) is 11.3 Å². The van der Waals surface area contributed by atoms with Gasteiger partial charge in [0.05, 0.1) is 23.9 Å². The Morgan fingerprint density at radius 2 is 1.53 bits per heavy atom. The van der Waals surface area contributed by atoms with E-state index in [1.807, 2.05) is 5.48 Å². The van der Waals surface area contributed by atoms with Crippen molar-refractivity contribution >= 4 is 41.6 Å². The molecular weight excluding hydrogens is 592 g/mol. The van der Waals surface area contributed by atoms with E-state index in [1.54, 1.807) is 62.3 Å². The number of rotatable bonds is 11. The van der Waals surface area contributed by atoms with E-state index in [1.165, 1.54) is 12.1 Å². The molecule has 0 aliphatic carbocycles. The number of nitrogens with two attached hydrogens (primary N) is 2. The van der Waals surface area contributed by atoms with Crippen molar-refractivity contribution in [2.45, 2.75) is 105 Å². The number of hydroxylamine groups is 1. The number of nitrogens with one attached hydrogen (secondary N) is 2. The Bertz CT molecular complexity index is 1230. The number of carboxylic acids is 1. The largest absolute Gasteiger partial charge is 0.481 e. The fraction of sp³-hybridized carbons (Fsp3) is 0.621. The van der Waals surface area contributed by atoms with Crippen LogP contribution < -0.4 is 27.4 Å². The van der Waals surface area contributed by atoms with Gasteiger partial charge in [-0.2, -0.15) is 10.5 Å². The van der Waals surface area contributed by atoms with Gasteiger partial charge in [0.2, 0.25) is 5.91 Å². The lowest BCUT2D eigenvalue weighted by Crippen LogP contribution is -2.51. The molecule has 0 aliphatic heterocycles. The van der Waals surface area contributed by atoms with Crippen LogP contribution in [0.2, 0.25) is 0 Å². The minimum Gasteiger partial charge on any atom is -0.481 e. The Labute approximate surface area is 262 Å². The van der Waals surface area contributed by atoms with E-state index in [0.717, 1.165) is 6.20 Å². The maximum atomic E-state index is 12.8. The number of aromatic nitrogens is 1. The van der Waals surface area contributed by atoms with Crippen LogP contribution in [0.15, 0.2) is 18.3 Å². The first-order valence-corrected chi connectivity index (χ1v) is 14.2. The Balaban J connectivity index is 2.83. The Morgan fingerprint density at radius 3 is 2.00 bits per heavy atom. The zero-order valence-electron chi connectivity index (χ0n) is 27.3. The van der Waals surface area contributed by atoms with Gasteiger partial charge in [-0.1, -0.05) is 20.8 Å². The van der Waals surface area contributed by atoms with Crippen molar-refractivity contribution in [2.75, 3.05) is 5.01 Å². The summed E-state index contributed by atoms with van der Waals surface area (Å²) in [6.45, 7) is 15.0. The molecule has 3 atom stereocenters. The van der Waals surface area contributed by atoms with Gasteiger partial charge in [0, 0.05) is 6.20 Å². The van der Waals surface area contributed by atoms with Gasteiger partial charge in [-0.25, -0.2) is 25.2 Å². The van der Waals surface area contributed by atoms with Crippen molar-refractivity contribution in [3.8, 4) is 0 Å². The summed E-state index contributed by atoms with van der Waals surface area (Å²) < 4.78 is 10.5. The molecule has 0 saturated carbocycles. The third kappa shape index (κ3) is 13.9. The fourth-order valence-corrected chi connectivity index (χ4v) is 3.63. The summed E-state index contributed by atoms with van der Waals surface area (Å²) >= 11 is 0. The van der Waals surface area contributed by atoms with Crippen molar-refractivity contribution < 1.29 is 48.2 Å². The summed E-state index contributed by atoms with van der Waals surface area (Å²) in [5, 5.41) is 12.7. The van der Waals surface area contributed by atoms with Gasteiger partial charge in [-0.15, -0.1) is 0 Å². The van der Waals surface area contributed by atoms with Crippen molar-refractivity contribution in [1.29, 1.82) is 0 Å². The van der Waals surface area contributed by atoms with E-state index in [9.17, 15) is 33.9 Å². The predicted molar refractivity (Wildman–Crippen MR) is 161 cm³/mol. The molecule has 16 heteroatoms. The van der Waals surface area contributed by atoms with Crippen LogP contribution >= 0.6 is 0 Å². The van der Waals surface area contributed by atoms with Crippen molar-refractivity contribution in [1.82, 2.24) is 15.8 Å². The molecule has 1 unspecified atom stereocenters. The van der Waals surface area contributed by atoms with Crippen molar-refractivity contribution in [2.24, 2.45) is 22.9 Å². The number of ether oxygens (including phenoxy) is 2. The second kappa shape index (κ2) is 15.6. The first-order valence-electron chi connectivity index (χ1n) is 14.2. The molecule has 0 bridgehead atoms. The number of esters is 1. The normalized spacial score (nSPS) is 13.8. The van der Waals surface area contributed by atoms with Crippen LogP contribution in [0.4, 0.5) is 10.6 Å². The molecule has 1 aromatic heterocycles. The van der Waals surface area contributed by atoms with Crippen LogP contribution in [0.25, 0.3) is 0 Å². The number of carbonyl (C=O) groups excluding carboxylic acids is 5. The summed E-state index contributed by atoms with van der Waals surface area (Å²) in [4.78, 5) is 83.0. The number of pyridine rings is 1. The van der Waals surface area contributed by atoms with Crippen LogP contribution in [0.5, 0.6) is 0 Å². The summed E-state index contributed by atoms with van der Waals surface area (Å²) in [6.07, 6.45) is -0.682. The predicted octanol–water partition coefficient (Wildman–Crippen LogP) is 1.96. The quantitative estimate of drug-likeness (QED) is 0.0766. The van der Waals surface area contributed by atoms with Gasteiger partial charge >= 0.3 is 24.0 Å². The lowest BCUT2D eigenvalue weighted by Gasteiger charge is -2.29. The van der Waals surface area contributed by atoms with E-state index in [0.29, 0.717) is 5.01 Å². The van der Waals surface area contributed by atoms with Crippen LogP contribution in [-0.2, 0) is 33.5 Å². The molecule has 1 heterocycles. The molecule has 0 spiro atoms. The van der Waals surface area contributed by atoms with E-state index < -0.39 is 76.9 Å². The highest BCUT2D eigenvalue weighted by molar-refractivity contribution is 5.94. The molecule has 45 heavy (non-hydrogen) atoms. The standard InChI is InChI=1S/C29H46N6O10/c1-27(2,3)17(24(39)40)14-18(30)23(38)33-19(25(41)43-28(4,5)6)11-13-21(36)45-34-22(37)16-10-12-20(32-15-16)35(31)26(42)44-29(7,8)9/h10,12,15,17-19H,11,13-14,30-31H2,1-9H3,(H,33,38)(H,34,37)(H,39,40)/t17?,18-,19-/m0/s1. The third-order valence-electron chi connectivity index (χ3n) is 5.92. The summed E-state index contributed by atoms with van der Waals surface area (Å²) in [6, 6.07) is -0.0387. The molecule has 0 aliphatic rings. The van der Waals surface area contributed by atoms with E-state index >= 15 is 0 Å². The van der Waals surface area contributed by atoms with Gasteiger partial charge in [-0.05, 0) is 71.9 Å². The highest BCUT2D eigenvalue weighted by Gasteiger charge is 2.36. The average Bonchev–Trinajstić information content (AvgIpc) is 2.89. The monoisotopic (exact) mass is 638 g/mol. The van der Waals surface area contributed by atoms with Crippen molar-refractivity contribution in [3.05, 3.63) is 23.9 Å². The molecule has 0 saturated heterocycles. The number of amides is 3. The molecule has 1 rings (SSSR count). The zero-order valence-corrected chi connectivity index (χ0v) is 27.3. The first-order chi connectivity index (χ1) is 20.4. The molecule has 7 N–H and O–H groups in total. The Hall–Kier alpha value is -4.31. The van der Waals surface area contributed by atoms with Gasteiger partial charge in [0.15, 0.2) is 5.82 Å². The summed E-state index contributed by atoms with van der Waals surface area (Å²) in [5.41, 5.74) is 5.50. The van der Waals surface area contributed by atoms with E-state index in [-0.39, 0.29) is 24.2 Å². The van der Waals surface area contributed by atoms with Crippen LogP contribution in [-0.4, -0.2) is 69.2 Å². The first kappa shape index (κ1) is 38.7. The minimum absolute atomic E-state index is 0.00960. The maximum absolute atomic E-state index is 12.8. The number of hydrogen-bond acceptors (Lipinski definition) is 12. The molecule has 252 valence electrons. The van der Waals surface area contributed by atoms with Gasteiger partial charge in [-0.3, -0.25) is 14.4 Å². The topological polar surface area (TPSA) is 243 Å². The number of hydrazine groups is 1. The highest BCUT2D eigenvalue weighted by atomic mass is 16.7. The Morgan fingerprint density at radius 1 is 0.956 bits per heavy atom. The smallest absolute Gasteiger partial charge is 0.430 e. The van der Waals surface area contributed by atoms with Crippen LogP contribution in [0.3, 0.4) is 0 Å². The summed E-state index contributed by atoms with van der Waals surface area (Å²) in [5.74, 6) is 0.197. The van der Waals surface area contributed by atoms with E-state index in [4.69, 9.17) is 25.9 Å². The van der Waals surface area contributed by atoms with E-state index in [2.05, 4.69) is 10.3 Å². The lowest BCUT2D eigenvalue weighted by atomic mass is 9.77. The molecule has 0 aromatic carbocycles. The summed E-state index contributed by atoms with van der Waals surface area (Å²) in [7, 11) is 0. The fourth-order valence-electron chi connectivity index (χ4n) is 3.63. The number of carboxylic acid groups (broad SMARTS) is 1. The molecule has 1 aromatic rings. The van der Waals surface area contributed by atoms with Gasteiger partial charge < -0.3 is 30.5 Å².